The van der Waals surface area contributed by atoms with Crippen LogP contribution in [0.3, 0.4) is 0 Å². The van der Waals surface area contributed by atoms with Gasteiger partial charge in [0.2, 0.25) is 0 Å². The van der Waals surface area contributed by atoms with Gasteiger partial charge in [0.15, 0.2) is 6.10 Å². The van der Waals surface area contributed by atoms with Crippen LogP contribution in [0, 0.1) is 5.82 Å². The summed E-state index contributed by atoms with van der Waals surface area (Å²) < 4.78 is 19.5. The van der Waals surface area contributed by atoms with E-state index in [0.717, 1.165) is 0 Å². The number of para-hydroxylation sites is 2. The summed E-state index contributed by atoms with van der Waals surface area (Å²) in [6, 6.07) is 11.7. The first-order valence-corrected chi connectivity index (χ1v) is 6.67. The predicted molar refractivity (Wildman–Crippen MR) is 78.5 cm³/mol. The molecule has 2 N–H and O–H groups in total. The summed E-state index contributed by atoms with van der Waals surface area (Å²) in [5.74, 6) is 0.0183. The first-order valence-electron chi connectivity index (χ1n) is 6.67. The highest BCUT2D eigenvalue weighted by atomic mass is 19.1. The lowest BCUT2D eigenvalue weighted by atomic mass is 10.1. The fourth-order valence-corrected chi connectivity index (χ4v) is 2.38. The summed E-state index contributed by atoms with van der Waals surface area (Å²) in [6.45, 7) is 1.83. The van der Waals surface area contributed by atoms with Gasteiger partial charge in [-0.05, 0) is 31.2 Å². The van der Waals surface area contributed by atoms with Crippen LogP contribution in [0.15, 0.2) is 42.5 Å². The molecule has 0 aliphatic carbocycles. The van der Waals surface area contributed by atoms with Gasteiger partial charge in [-0.15, -0.1) is 0 Å². The first kappa shape index (κ1) is 13.4. The molecule has 1 amide bonds. The van der Waals surface area contributed by atoms with Gasteiger partial charge in [-0.3, -0.25) is 4.79 Å². The van der Waals surface area contributed by atoms with Gasteiger partial charge < -0.3 is 15.4 Å². The quantitative estimate of drug-likeness (QED) is 0.864. The Morgan fingerprint density at radius 2 is 2.05 bits per heavy atom. The zero-order valence-electron chi connectivity index (χ0n) is 11.5. The van der Waals surface area contributed by atoms with Gasteiger partial charge in [0.1, 0.15) is 11.6 Å². The second kappa shape index (κ2) is 5.09. The molecule has 1 heterocycles. The minimum absolute atomic E-state index is 0.148. The summed E-state index contributed by atoms with van der Waals surface area (Å²) in [5.41, 5.74) is 6.97. The van der Waals surface area contributed by atoms with Crippen molar-refractivity contribution in [3.8, 4) is 5.75 Å². The highest BCUT2D eigenvalue weighted by Gasteiger charge is 2.31. The van der Waals surface area contributed by atoms with Crippen LogP contribution in [0.2, 0.25) is 0 Å². The number of halogens is 1. The van der Waals surface area contributed by atoms with Crippen LogP contribution in [-0.2, 0) is 11.3 Å². The normalized spacial score (nSPS) is 17.3. The number of hydrogen-bond donors (Lipinski definition) is 1. The lowest BCUT2D eigenvalue weighted by Gasteiger charge is -2.33. The van der Waals surface area contributed by atoms with E-state index >= 15 is 0 Å². The Morgan fingerprint density at radius 1 is 1.29 bits per heavy atom. The van der Waals surface area contributed by atoms with E-state index in [0.29, 0.717) is 22.7 Å². The summed E-state index contributed by atoms with van der Waals surface area (Å²) in [6.07, 6.45) is -0.586. The number of ether oxygens (including phenoxy) is 1. The van der Waals surface area contributed by atoms with E-state index in [-0.39, 0.29) is 12.5 Å². The number of carbonyl (C=O) groups is 1. The average Bonchev–Trinajstić information content (AvgIpc) is 2.46. The average molecular weight is 286 g/mol. The van der Waals surface area contributed by atoms with Crippen molar-refractivity contribution in [2.45, 2.75) is 19.6 Å². The maximum atomic E-state index is 14.0. The van der Waals surface area contributed by atoms with Gasteiger partial charge in [-0.2, -0.15) is 0 Å². The largest absolute Gasteiger partial charge is 0.479 e. The van der Waals surface area contributed by atoms with Crippen LogP contribution < -0.4 is 15.4 Å². The monoisotopic (exact) mass is 286 g/mol. The Balaban J connectivity index is 1.99. The number of benzene rings is 2. The number of fused-ring (bicyclic) bond motifs is 1. The topological polar surface area (TPSA) is 55.6 Å². The van der Waals surface area contributed by atoms with Crippen molar-refractivity contribution in [2.24, 2.45) is 0 Å². The third-order valence-corrected chi connectivity index (χ3v) is 3.48. The van der Waals surface area contributed by atoms with Crippen molar-refractivity contribution in [3.05, 3.63) is 53.8 Å². The van der Waals surface area contributed by atoms with Gasteiger partial charge in [0.05, 0.1) is 12.2 Å². The maximum Gasteiger partial charge on any atom is 0.268 e. The summed E-state index contributed by atoms with van der Waals surface area (Å²) in [5, 5.41) is 0. The Labute approximate surface area is 121 Å². The van der Waals surface area contributed by atoms with E-state index in [9.17, 15) is 9.18 Å². The molecule has 1 atom stereocenters. The lowest BCUT2D eigenvalue weighted by Crippen LogP contribution is -2.44. The Hall–Kier alpha value is -2.56. The first-order chi connectivity index (χ1) is 10.1. The molecule has 0 aromatic heterocycles. The zero-order chi connectivity index (χ0) is 15.0. The van der Waals surface area contributed by atoms with Crippen molar-refractivity contribution in [1.29, 1.82) is 0 Å². The maximum absolute atomic E-state index is 14.0. The van der Waals surface area contributed by atoms with Crippen LogP contribution in [0.4, 0.5) is 15.8 Å². The van der Waals surface area contributed by atoms with Crippen molar-refractivity contribution < 1.29 is 13.9 Å². The number of nitrogen functional groups attached to an aromatic ring is 1. The molecule has 1 aliphatic rings. The Morgan fingerprint density at radius 3 is 2.81 bits per heavy atom. The molecule has 0 fully saturated rings. The third kappa shape index (κ3) is 2.42. The molecule has 1 aliphatic heterocycles. The molecule has 0 spiro atoms. The number of nitrogens with zero attached hydrogens (tertiary/aromatic N) is 1. The van der Waals surface area contributed by atoms with Gasteiger partial charge in [0, 0.05) is 11.3 Å². The molecule has 0 radical (unpaired) electrons. The molecular weight excluding hydrogens is 271 g/mol. The fourth-order valence-electron chi connectivity index (χ4n) is 2.38. The molecular formula is C16H15FN2O2. The highest BCUT2D eigenvalue weighted by molar-refractivity contribution is 5.99. The van der Waals surface area contributed by atoms with Gasteiger partial charge in [-0.1, -0.05) is 18.2 Å². The molecule has 0 saturated heterocycles. The van der Waals surface area contributed by atoms with Crippen molar-refractivity contribution in [2.75, 3.05) is 10.6 Å². The van der Waals surface area contributed by atoms with Crippen LogP contribution >= 0.6 is 0 Å². The number of rotatable bonds is 2. The SMILES string of the molecule is CC1Oc2ccccc2N(Cc2ccc(N)cc2F)C1=O. The summed E-state index contributed by atoms with van der Waals surface area (Å²) in [4.78, 5) is 13.9. The second-order valence-corrected chi connectivity index (χ2v) is 5.00. The molecule has 0 saturated carbocycles. The summed E-state index contributed by atoms with van der Waals surface area (Å²) >= 11 is 0. The fraction of sp³-hybridized carbons (Fsp3) is 0.188. The van der Waals surface area contributed by atoms with Crippen molar-refractivity contribution >= 4 is 17.3 Å². The Bertz CT molecular complexity index is 702. The molecule has 3 rings (SSSR count). The van der Waals surface area contributed by atoms with E-state index in [4.69, 9.17) is 10.5 Å². The molecule has 4 nitrogen and oxygen atoms in total. The number of carbonyl (C=O) groups excluding carboxylic acids is 1. The van der Waals surface area contributed by atoms with E-state index in [1.807, 2.05) is 12.1 Å². The smallest absolute Gasteiger partial charge is 0.268 e. The number of nitrogens with two attached hydrogens (primary N) is 1. The van der Waals surface area contributed by atoms with Crippen molar-refractivity contribution in [3.63, 3.8) is 0 Å². The van der Waals surface area contributed by atoms with E-state index in [2.05, 4.69) is 0 Å². The van der Waals surface area contributed by atoms with Gasteiger partial charge in [-0.25, -0.2) is 4.39 Å². The van der Waals surface area contributed by atoms with Gasteiger partial charge in [0.25, 0.3) is 5.91 Å². The third-order valence-electron chi connectivity index (χ3n) is 3.48. The molecule has 1 unspecified atom stereocenters. The van der Waals surface area contributed by atoms with Crippen LogP contribution in [0.5, 0.6) is 5.75 Å². The molecule has 0 bridgehead atoms. The van der Waals surface area contributed by atoms with Crippen LogP contribution in [0.25, 0.3) is 0 Å². The zero-order valence-corrected chi connectivity index (χ0v) is 11.5. The van der Waals surface area contributed by atoms with E-state index in [1.165, 1.54) is 11.0 Å². The van der Waals surface area contributed by atoms with Crippen LogP contribution in [0.1, 0.15) is 12.5 Å². The minimum Gasteiger partial charge on any atom is -0.479 e. The standard InChI is InChI=1S/C16H15FN2O2/c1-10-16(20)19(14-4-2-3-5-15(14)21-10)9-11-6-7-12(18)8-13(11)17/h2-8,10H,9,18H2,1H3. The lowest BCUT2D eigenvalue weighted by molar-refractivity contribution is -0.125. The molecule has 21 heavy (non-hydrogen) atoms. The van der Waals surface area contributed by atoms with Crippen molar-refractivity contribution in [1.82, 2.24) is 0 Å². The molecule has 5 heteroatoms. The summed E-state index contributed by atoms with van der Waals surface area (Å²) in [7, 11) is 0. The molecule has 2 aromatic carbocycles. The highest BCUT2D eigenvalue weighted by Crippen LogP contribution is 2.34. The number of anilines is 2. The second-order valence-electron chi connectivity index (χ2n) is 5.00. The molecule has 2 aromatic rings. The van der Waals surface area contributed by atoms with Gasteiger partial charge >= 0.3 is 0 Å². The minimum atomic E-state index is -0.586. The number of amides is 1. The number of hydrogen-bond acceptors (Lipinski definition) is 3. The Kier molecular flexibility index (Phi) is 3.25. The van der Waals surface area contributed by atoms with Crippen LogP contribution in [-0.4, -0.2) is 12.0 Å². The molecule has 108 valence electrons. The van der Waals surface area contributed by atoms with E-state index < -0.39 is 11.9 Å². The van der Waals surface area contributed by atoms with E-state index in [1.54, 1.807) is 31.2 Å². The predicted octanol–water partition coefficient (Wildman–Crippen LogP) is 2.72.